The van der Waals surface area contributed by atoms with Gasteiger partial charge in [0.2, 0.25) is 10.0 Å². The molecule has 176 valence electrons. The highest BCUT2D eigenvalue weighted by molar-refractivity contribution is 7.89. The second-order valence-electron chi connectivity index (χ2n) is 8.10. The van der Waals surface area contributed by atoms with Crippen molar-refractivity contribution < 1.29 is 8.42 Å². The Morgan fingerprint density at radius 1 is 1.06 bits per heavy atom. The van der Waals surface area contributed by atoms with Crippen molar-refractivity contribution in [2.24, 2.45) is 0 Å². The van der Waals surface area contributed by atoms with Crippen molar-refractivity contribution >= 4 is 44.4 Å². The van der Waals surface area contributed by atoms with Crippen LogP contribution in [0.3, 0.4) is 0 Å². The van der Waals surface area contributed by atoms with E-state index < -0.39 is 10.0 Å². The minimum atomic E-state index is -3.65. The van der Waals surface area contributed by atoms with E-state index in [1.165, 1.54) is 16.4 Å². The monoisotopic (exact) mass is 518 g/mol. The van der Waals surface area contributed by atoms with E-state index in [9.17, 15) is 13.2 Å². The number of H-pyrrole nitrogens is 1. The Morgan fingerprint density at radius 3 is 2.56 bits per heavy atom. The Balaban J connectivity index is 1.38. The number of sulfonamides is 1. The highest BCUT2D eigenvalue weighted by atomic mass is 35.5. The Kier molecular flexibility index (Phi) is 6.15. The van der Waals surface area contributed by atoms with E-state index in [1.807, 2.05) is 18.2 Å². The number of fused-ring (bicyclic) bond motifs is 1. The van der Waals surface area contributed by atoms with E-state index in [2.05, 4.69) is 20.3 Å². The number of rotatable bonds is 5. The number of halogens is 2. The Labute approximate surface area is 205 Å². The average molecular weight is 519 g/mol. The molecule has 12 heteroatoms. The van der Waals surface area contributed by atoms with Gasteiger partial charge in [0, 0.05) is 29.1 Å². The molecule has 2 aromatic heterocycles. The maximum atomic E-state index is 13.0. The van der Waals surface area contributed by atoms with E-state index in [0.29, 0.717) is 54.0 Å². The minimum Gasteiger partial charge on any atom is -0.308 e. The molecule has 3 heterocycles. The lowest BCUT2D eigenvalue weighted by Crippen LogP contribution is -2.38. The van der Waals surface area contributed by atoms with Gasteiger partial charge in [0.15, 0.2) is 11.2 Å². The smallest absolute Gasteiger partial charge is 0.281 e. The lowest BCUT2D eigenvalue weighted by molar-refractivity contribution is 0.313. The topological polar surface area (TPSA) is 114 Å². The number of hydrogen-bond acceptors (Lipinski definition) is 6. The first-order valence-electron chi connectivity index (χ1n) is 10.7. The van der Waals surface area contributed by atoms with Gasteiger partial charge < -0.3 is 4.98 Å². The molecule has 1 N–H and O–H groups in total. The molecular formula is C22H20Cl2N6O3S. The fraction of sp³-hybridized carbons (Fsp3) is 0.273. The van der Waals surface area contributed by atoms with Crippen LogP contribution in [0.2, 0.25) is 10.0 Å². The van der Waals surface area contributed by atoms with Gasteiger partial charge in [-0.15, -0.1) is 5.10 Å². The summed E-state index contributed by atoms with van der Waals surface area (Å²) >= 11 is 12.2. The molecule has 34 heavy (non-hydrogen) atoms. The molecule has 0 bridgehead atoms. The number of nitrogens with zero attached hydrogens (tertiary/aromatic N) is 5. The number of nitrogens with one attached hydrogen (secondary N) is 1. The zero-order chi connectivity index (χ0) is 23.9. The summed E-state index contributed by atoms with van der Waals surface area (Å²) in [5.74, 6) is 0.395. The average Bonchev–Trinajstić information content (AvgIpc) is 3.24. The summed E-state index contributed by atoms with van der Waals surface area (Å²) in [6, 6.07) is 13.6. The van der Waals surface area contributed by atoms with Crippen LogP contribution in [0, 0.1) is 0 Å². The maximum absolute atomic E-state index is 13.0. The van der Waals surface area contributed by atoms with E-state index in [1.54, 1.807) is 22.9 Å². The Bertz CT molecular complexity index is 1530. The largest absolute Gasteiger partial charge is 0.308 e. The first kappa shape index (κ1) is 23.0. The second kappa shape index (κ2) is 9.10. The van der Waals surface area contributed by atoms with E-state index in [-0.39, 0.29) is 21.9 Å². The first-order chi connectivity index (χ1) is 16.3. The molecule has 9 nitrogen and oxygen atoms in total. The molecule has 1 aliphatic heterocycles. The number of benzene rings is 2. The van der Waals surface area contributed by atoms with Crippen molar-refractivity contribution in [3.05, 3.63) is 80.3 Å². The van der Waals surface area contributed by atoms with Gasteiger partial charge in [0.05, 0.1) is 11.4 Å². The molecule has 0 saturated carbocycles. The van der Waals surface area contributed by atoms with Gasteiger partial charge in [-0.1, -0.05) is 52.7 Å². The first-order valence-corrected chi connectivity index (χ1v) is 12.8. The molecule has 1 aliphatic rings. The van der Waals surface area contributed by atoms with Crippen LogP contribution in [0.15, 0.2) is 58.2 Å². The second-order valence-corrected chi connectivity index (χ2v) is 10.9. The molecule has 1 saturated heterocycles. The molecule has 4 aromatic rings. The van der Waals surface area contributed by atoms with Gasteiger partial charge in [-0.2, -0.15) is 4.31 Å². The Hall–Kier alpha value is -2.79. The number of piperidine rings is 1. The molecule has 0 spiro atoms. The summed E-state index contributed by atoms with van der Waals surface area (Å²) in [4.78, 5) is 20.3. The Morgan fingerprint density at radius 2 is 1.82 bits per heavy atom. The van der Waals surface area contributed by atoms with Crippen LogP contribution >= 0.6 is 23.2 Å². The van der Waals surface area contributed by atoms with Crippen molar-refractivity contribution in [2.45, 2.75) is 30.2 Å². The molecule has 0 aliphatic carbocycles. The van der Waals surface area contributed by atoms with Crippen LogP contribution in [0.1, 0.15) is 30.1 Å². The lowest BCUT2D eigenvalue weighted by atomic mass is 9.97. The van der Waals surface area contributed by atoms with Crippen LogP contribution in [0.25, 0.3) is 11.2 Å². The predicted octanol–water partition coefficient (Wildman–Crippen LogP) is 3.44. The molecule has 2 aromatic carbocycles. The molecule has 0 unspecified atom stereocenters. The van der Waals surface area contributed by atoms with Crippen molar-refractivity contribution in [3.8, 4) is 0 Å². The van der Waals surface area contributed by atoms with Gasteiger partial charge in [0.25, 0.3) is 5.56 Å². The zero-order valence-corrected chi connectivity index (χ0v) is 20.2. The standard InChI is InChI=1S/C22H20Cl2N6O3S/c23-16-5-3-6-17(12-16)34(32,33)29-10-8-14(9-11-29)20-25-21-19(22(31)26-20)27-28-30(21)13-15-4-1-2-7-18(15)24/h1-7,12,14H,8-11,13H2,(H,25,26,31). The van der Waals surface area contributed by atoms with Gasteiger partial charge in [-0.3, -0.25) is 4.79 Å². The summed E-state index contributed by atoms with van der Waals surface area (Å²) in [6.07, 6.45) is 1.03. The summed E-state index contributed by atoms with van der Waals surface area (Å²) < 4.78 is 29.0. The third-order valence-corrected chi connectivity index (χ3v) is 8.44. The number of aromatic amines is 1. The third-order valence-electron chi connectivity index (χ3n) is 5.94. The molecule has 0 amide bonds. The zero-order valence-electron chi connectivity index (χ0n) is 17.9. The molecule has 1 fully saturated rings. The maximum Gasteiger partial charge on any atom is 0.281 e. The van der Waals surface area contributed by atoms with Crippen molar-refractivity contribution in [1.82, 2.24) is 29.3 Å². The molecular weight excluding hydrogens is 499 g/mol. The van der Waals surface area contributed by atoms with Gasteiger partial charge >= 0.3 is 0 Å². The van der Waals surface area contributed by atoms with Gasteiger partial charge in [-0.05, 0) is 42.7 Å². The van der Waals surface area contributed by atoms with E-state index in [4.69, 9.17) is 23.2 Å². The summed E-state index contributed by atoms with van der Waals surface area (Å²) in [7, 11) is -3.65. The highest BCUT2D eigenvalue weighted by Gasteiger charge is 2.31. The minimum absolute atomic E-state index is 0.105. The van der Waals surface area contributed by atoms with Crippen molar-refractivity contribution in [1.29, 1.82) is 0 Å². The van der Waals surface area contributed by atoms with E-state index in [0.717, 1.165) is 5.56 Å². The van der Waals surface area contributed by atoms with Crippen molar-refractivity contribution in [3.63, 3.8) is 0 Å². The third kappa shape index (κ3) is 4.34. The number of hydrogen-bond donors (Lipinski definition) is 1. The fourth-order valence-electron chi connectivity index (χ4n) is 4.12. The normalized spacial score (nSPS) is 15.7. The SMILES string of the molecule is O=c1[nH]c(C2CCN(S(=O)(=O)c3cccc(Cl)c3)CC2)nc2c1nnn2Cc1ccccc1Cl. The quantitative estimate of drug-likeness (QED) is 0.432. The van der Waals surface area contributed by atoms with Crippen LogP contribution < -0.4 is 5.56 Å². The molecule has 5 rings (SSSR count). The number of aromatic nitrogens is 5. The highest BCUT2D eigenvalue weighted by Crippen LogP contribution is 2.30. The summed E-state index contributed by atoms with van der Waals surface area (Å²) in [5.41, 5.74) is 0.975. The van der Waals surface area contributed by atoms with E-state index >= 15 is 0 Å². The van der Waals surface area contributed by atoms with Crippen LogP contribution in [0.5, 0.6) is 0 Å². The summed E-state index contributed by atoms with van der Waals surface area (Å²) in [5, 5.41) is 9.03. The fourth-order valence-corrected chi connectivity index (χ4v) is 6.08. The lowest BCUT2D eigenvalue weighted by Gasteiger charge is -2.30. The van der Waals surface area contributed by atoms with Crippen molar-refractivity contribution in [2.75, 3.05) is 13.1 Å². The van der Waals surface area contributed by atoms with Crippen LogP contribution in [-0.2, 0) is 16.6 Å². The van der Waals surface area contributed by atoms with Crippen LogP contribution in [0.4, 0.5) is 0 Å². The summed E-state index contributed by atoms with van der Waals surface area (Å²) in [6.45, 7) is 0.930. The predicted molar refractivity (Wildman–Crippen MR) is 129 cm³/mol. The molecule has 0 radical (unpaired) electrons. The molecule has 0 atom stereocenters. The van der Waals surface area contributed by atoms with Crippen LogP contribution in [-0.4, -0.2) is 50.8 Å². The van der Waals surface area contributed by atoms with Gasteiger partial charge in [0.1, 0.15) is 5.82 Å². The van der Waals surface area contributed by atoms with Gasteiger partial charge in [-0.25, -0.2) is 18.1 Å².